The predicted octanol–water partition coefficient (Wildman–Crippen LogP) is 3.00. The number of benzene rings is 1. The van der Waals surface area contributed by atoms with Gasteiger partial charge in [0, 0.05) is 22.7 Å². The van der Waals surface area contributed by atoms with Crippen molar-refractivity contribution in [3.05, 3.63) is 40.5 Å². The number of rotatable bonds is 3. The van der Waals surface area contributed by atoms with Crippen LogP contribution in [-0.4, -0.2) is 5.78 Å². The maximum absolute atomic E-state index is 11.2. The van der Waals surface area contributed by atoms with Crippen molar-refractivity contribution in [3.63, 3.8) is 0 Å². The Bertz CT molecular complexity index is 412. The number of carbonyl (C=O) groups excluding carboxylic acids is 1. The summed E-state index contributed by atoms with van der Waals surface area (Å²) in [5.74, 6) is 0.200. The lowest BCUT2D eigenvalue weighted by Crippen LogP contribution is -2.23. The van der Waals surface area contributed by atoms with E-state index in [1.165, 1.54) is 0 Å². The fourth-order valence-corrected chi connectivity index (χ4v) is 1.84. The number of carbonyl (C=O) groups is 1. The van der Waals surface area contributed by atoms with E-state index in [9.17, 15) is 4.79 Å². The van der Waals surface area contributed by atoms with Crippen LogP contribution in [0.4, 0.5) is 5.69 Å². The van der Waals surface area contributed by atoms with Crippen molar-refractivity contribution in [2.75, 3.05) is 5.43 Å². The molecule has 0 bridgehead atoms. The molecule has 2 rings (SSSR count). The Morgan fingerprint density at radius 2 is 1.81 bits per heavy atom. The zero-order valence-corrected chi connectivity index (χ0v) is 10.4. The van der Waals surface area contributed by atoms with E-state index in [4.69, 9.17) is 0 Å². The van der Waals surface area contributed by atoms with Gasteiger partial charge >= 0.3 is 0 Å². The van der Waals surface area contributed by atoms with E-state index in [2.05, 4.69) is 26.8 Å². The minimum absolute atomic E-state index is 0.200. The first-order valence-electron chi connectivity index (χ1n) is 5.25. The number of allylic oxidation sites excluding steroid dienone is 2. The van der Waals surface area contributed by atoms with Crippen molar-refractivity contribution >= 4 is 27.4 Å². The second kappa shape index (κ2) is 5.16. The third-order valence-corrected chi connectivity index (χ3v) is 2.94. The monoisotopic (exact) mass is 280 g/mol. The van der Waals surface area contributed by atoms with Crippen molar-refractivity contribution < 1.29 is 4.79 Å². The molecule has 0 heterocycles. The molecule has 0 radical (unpaired) electrons. The topological polar surface area (TPSA) is 41.1 Å². The summed E-state index contributed by atoms with van der Waals surface area (Å²) >= 11 is 3.38. The highest BCUT2D eigenvalue weighted by Gasteiger charge is 2.08. The molecule has 3 nitrogen and oxygen atoms in total. The normalized spacial score (nSPS) is 15.6. The highest BCUT2D eigenvalue weighted by molar-refractivity contribution is 9.10. The first kappa shape index (κ1) is 11.2. The van der Waals surface area contributed by atoms with E-state index in [0.717, 1.165) is 28.7 Å². The van der Waals surface area contributed by atoms with Gasteiger partial charge in [0.1, 0.15) is 0 Å². The van der Waals surface area contributed by atoms with E-state index in [0.29, 0.717) is 6.42 Å². The summed E-state index contributed by atoms with van der Waals surface area (Å²) in [4.78, 5) is 11.2. The Morgan fingerprint density at radius 1 is 1.06 bits per heavy atom. The molecule has 0 aliphatic heterocycles. The first-order valence-corrected chi connectivity index (χ1v) is 6.04. The first-order chi connectivity index (χ1) is 7.74. The van der Waals surface area contributed by atoms with Crippen LogP contribution in [-0.2, 0) is 4.79 Å². The molecule has 0 atom stereocenters. The molecule has 0 saturated heterocycles. The Labute approximate surface area is 103 Å². The maximum Gasteiger partial charge on any atom is 0.157 e. The van der Waals surface area contributed by atoms with Crippen LogP contribution in [0.15, 0.2) is 40.5 Å². The number of ketones is 1. The molecule has 1 aliphatic rings. The van der Waals surface area contributed by atoms with E-state index in [-0.39, 0.29) is 5.78 Å². The molecule has 0 fully saturated rings. The Morgan fingerprint density at radius 3 is 2.50 bits per heavy atom. The third kappa shape index (κ3) is 3.10. The molecular weight excluding hydrogens is 268 g/mol. The number of hydrogen-bond donors (Lipinski definition) is 2. The quantitative estimate of drug-likeness (QED) is 0.837. The molecule has 1 aromatic carbocycles. The van der Waals surface area contributed by atoms with Gasteiger partial charge in [-0.05, 0) is 37.1 Å². The van der Waals surface area contributed by atoms with E-state index in [1.807, 2.05) is 24.3 Å². The van der Waals surface area contributed by atoms with Crippen LogP contribution in [0.25, 0.3) is 0 Å². The molecule has 0 unspecified atom stereocenters. The second-order valence-electron chi connectivity index (χ2n) is 3.75. The fraction of sp³-hybridized carbons (Fsp3) is 0.250. The van der Waals surface area contributed by atoms with Crippen LogP contribution in [0.3, 0.4) is 0 Å². The van der Waals surface area contributed by atoms with Gasteiger partial charge in [0.25, 0.3) is 0 Å². The second-order valence-corrected chi connectivity index (χ2v) is 4.66. The predicted molar refractivity (Wildman–Crippen MR) is 67.8 cm³/mol. The SMILES string of the molecule is O=C1C=C(NNc2ccc(Br)cc2)CCC1. The van der Waals surface area contributed by atoms with Gasteiger partial charge < -0.3 is 10.9 Å². The molecule has 4 heteroatoms. The summed E-state index contributed by atoms with van der Waals surface area (Å²) in [7, 11) is 0. The lowest BCUT2D eigenvalue weighted by Gasteiger charge is -2.15. The van der Waals surface area contributed by atoms with E-state index < -0.39 is 0 Å². The van der Waals surface area contributed by atoms with Gasteiger partial charge in [-0.15, -0.1) is 0 Å². The third-order valence-electron chi connectivity index (χ3n) is 2.42. The van der Waals surface area contributed by atoms with E-state index in [1.54, 1.807) is 6.08 Å². The Hall–Kier alpha value is -1.29. The lowest BCUT2D eigenvalue weighted by atomic mass is 10.0. The smallest absolute Gasteiger partial charge is 0.157 e. The number of hydrogen-bond acceptors (Lipinski definition) is 3. The van der Waals surface area contributed by atoms with Gasteiger partial charge in [-0.3, -0.25) is 4.79 Å². The van der Waals surface area contributed by atoms with Gasteiger partial charge in [-0.1, -0.05) is 15.9 Å². The zero-order valence-electron chi connectivity index (χ0n) is 8.79. The largest absolute Gasteiger partial charge is 0.305 e. The Kier molecular flexibility index (Phi) is 3.62. The molecular formula is C12H13BrN2O. The number of anilines is 1. The van der Waals surface area contributed by atoms with Gasteiger partial charge in [0.15, 0.2) is 5.78 Å². The molecule has 0 spiro atoms. The van der Waals surface area contributed by atoms with Crippen molar-refractivity contribution in [1.82, 2.24) is 5.43 Å². The molecule has 0 aromatic heterocycles. The molecule has 2 N–H and O–H groups in total. The number of halogens is 1. The van der Waals surface area contributed by atoms with Gasteiger partial charge in [0.05, 0.1) is 5.69 Å². The van der Waals surface area contributed by atoms with Gasteiger partial charge in [0.2, 0.25) is 0 Å². The molecule has 1 aliphatic carbocycles. The summed E-state index contributed by atoms with van der Waals surface area (Å²) in [6.07, 6.45) is 4.20. The summed E-state index contributed by atoms with van der Waals surface area (Å²) in [6, 6.07) is 7.85. The van der Waals surface area contributed by atoms with Gasteiger partial charge in [-0.2, -0.15) is 0 Å². The standard InChI is InChI=1S/C12H13BrN2O/c13-9-4-6-10(7-5-9)14-15-11-2-1-3-12(16)8-11/h4-8,14-15H,1-3H2. The van der Waals surface area contributed by atoms with Crippen LogP contribution in [0.1, 0.15) is 19.3 Å². The summed E-state index contributed by atoms with van der Waals surface area (Å²) in [6.45, 7) is 0. The minimum atomic E-state index is 0.200. The average Bonchev–Trinajstić information content (AvgIpc) is 2.28. The maximum atomic E-state index is 11.2. The number of hydrazine groups is 1. The average molecular weight is 281 g/mol. The summed E-state index contributed by atoms with van der Waals surface area (Å²) in [5.41, 5.74) is 8.07. The highest BCUT2D eigenvalue weighted by atomic mass is 79.9. The molecule has 16 heavy (non-hydrogen) atoms. The minimum Gasteiger partial charge on any atom is -0.305 e. The molecule has 0 amide bonds. The molecule has 1 aromatic rings. The fourth-order valence-electron chi connectivity index (χ4n) is 1.58. The highest BCUT2D eigenvalue weighted by Crippen LogP contribution is 2.15. The number of nitrogens with one attached hydrogen (secondary N) is 2. The van der Waals surface area contributed by atoms with Gasteiger partial charge in [-0.25, -0.2) is 0 Å². The summed E-state index contributed by atoms with van der Waals surface area (Å²) < 4.78 is 1.05. The van der Waals surface area contributed by atoms with Crippen molar-refractivity contribution in [1.29, 1.82) is 0 Å². The van der Waals surface area contributed by atoms with Crippen LogP contribution < -0.4 is 10.9 Å². The van der Waals surface area contributed by atoms with E-state index >= 15 is 0 Å². The lowest BCUT2D eigenvalue weighted by molar-refractivity contribution is -0.115. The van der Waals surface area contributed by atoms with Crippen LogP contribution in [0.2, 0.25) is 0 Å². The van der Waals surface area contributed by atoms with Crippen molar-refractivity contribution in [2.24, 2.45) is 0 Å². The Balaban J connectivity index is 1.92. The molecule has 84 valence electrons. The van der Waals surface area contributed by atoms with Crippen LogP contribution >= 0.6 is 15.9 Å². The molecule has 0 saturated carbocycles. The van der Waals surface area contributed by atoms with Crippen LogP contribution in [0.5, 0.6) is 0 Å². The van der Waals surface area contributed by atoms with Crippen LogP contribution in [0, 0.1) is 0 Å². The van der Waals surface area contributed by atoms with Crippen molar-refractivity contribution in [3.8, 4) is 0 Å². The summed E-state index contributed by atoms with van der Waals surface area (Å²) in [5, 5.41) is 0. The zero-order chi connectivity index (χ0) is 11.4. The van der Waals surface area contributed by atoms with Crippen molar-refractivity contribution in [2.45, 2.75) is 19.3 Å².